The number of phenolic OH excluding ortho intramolecular Hbond substituents is 1. The normalized spacial score (nSPS) is 11.9. The third-order valence-electron chi connectivity index (χ3n) is 3.14. The first-order chi connectivity index (χ1) is 10.1. The van der Waals surface area contributed by atoms with Crippen molar-refractivity contribution in [3.8, 4) is 5.75 Å². The summed E-state index contributed by atoms with van der Waals surface area (Å²) in [5.74, 6) is -0.0431. The maximum absolute atomic E-state index is 12.0. The predicted octanol–water partition coefficient (Wildman–Crippen LogP) is 2.23. The lowest BCUT2D eigenvalue weighted by atomic mass is 10.1. The lowest BCUT2D eigenvalue weighted by Crippen LogP contribution is -2.41. The van der Waals surface area contributed by atoms with Crippen LogP contribution >= 0.6 is 11.6 Å². The van der Waals surface area contributed by atoms with Gasteiger partial charge >= 0.3 is 0 Å². The highest BCUT2D eigenvalue weighted by atomic mass is 35.5. The molecule has 1 unspecified atom stereocenters. The molecule has 0 bridgehead atoms. The summed E-state index contributed by atoms with van der Waals surface area (Å²) in [6.07, 6.45) is 0.411. The molecule has 0 saturated heterocycles. The van der Waals surface area contributed by atoms with Crippen LogP contribution in [0.2, 0.25) is 5.02 Å². The molecule has 21 heavy (non-hydrogen) atoms. The third kappa shape index (κ3) is 4.48. The zero-order valence-corrected chi connectivity index (χ0v) is 12.2. The first-order valence-electron chi connectivity index (χ1n) is 6.61. The molecule has 0 aliphatic heterocycles. The van der Waals surface area contributed by atoms with E-state index in [-0.39, 0.29) is 11.7 Å². The van der Waals surface area contributed by atoms with E-state index in [1.54, 1.807) is 30.3 Å². The fourth-order valence-corrected chi connectivity index (χ4v) is 2.14. The monoisotopic (exact) mass is 304 g/mol. The van der Waals surface area contributed by atoms with Gasteiger partial charge in [0.25, 0.3) is 0 Å². The van der Waals surface area contributed by atoms with E-state index in [4.69, 9.17) is 17.3 Å². The Labute approximate surface area is 128 Å². The molecule has 0 heterocycles. The molecule has 0 fully saturated rings. The van der Waals surface area contributed by atoms with Gasteiger partial charge in [0.15, 0.2) is 0 Å². The molecular formula is C16H17ClN2O2. The first kappa shape index (κ1) is 15.4. The molecule has 0 aromatic heterocycles. The summed E-state index contributed by atoms with van der Waals surface area (Å²) in [5.41, 5.74) is 7.63. The summed E-state index contributed by atoms with van der Waals surface area (Å²) in [6, 6.07) is 13.3. The minimum absolute atomic E-state index is 0.190. The number of halogens is 1. The minimum Gasteiger partial charge on any atom is -0.508 e. The number of phenols is 1. The van der Waals surface area contributed by atoms with Gasteiger partial charge < -0.3 is 16.2 Å². The Morgan fingerprint density at radius 1 is 1.19 bits per heavy atom. The van der Waals surface area contributed by atoms with E-state index in [0.717, 1.165) is 11.1 Å². The van der Waals surface area contributed by atoms with Crippen molar-refractivity contribution in [1.82, 2.24) is 5.32 Å². The highest BCUT2D eigenvalue weighted by Crippen LogP contribution is 2.14. The van der Waals surface area contributed by atoms with Crippen LogP contribution in [0.5, 0.6) is 5.75 Å². The van der Waals surface area contributed by atoms with Gasteiger partial charge in [0.1, 0.15) is 5.75 Å². The molecule has 0 spiro atoms. The zero-order chi connectivity index (χ0) is 15.2. The summed E-state index contributed by atoms with van der Waals surface area (Å²) < 4.78 is 0. The minimum atomic E-state index is -0.642. The molecule has 4 N–H and O–H groups in total. The summed E-state index contributed by atoms with van der Waals surface area (Å²) in [4.78, 5) is 12.0. The number of aromatic hydroxyl groups is 1. The molecular weight excluding hydrogens is 288 g/mol. The van der Waals surface area contributed by atoms with Crippen molar-refractivity contribution in [2.45, 2.75) is 19.0 Å². The van der Waals surface area contributed by atoms with Crippen LogP contribution in [0.1, 0.15) is 11.1 Å². The van der Waals surface area contributed by atoms with Gasteiger partial charge in [-0.3, -0.25) is 4.79 Å². The second-order valence-corrected chi connectivity index (χ2v) is 5.19. The van der Waals surface area contributed by atoms with Gasteiger partial charge in [0.05, 0.1) is 6.04 Å². The van der Waals surface area contributed by atoms with Crippen molar-refractivity contribution in [2.75, 3.05) is 0 Å². The van der Waals surface area contributed by atoms with Crippen molar-refractivity contribution in [1.29, 1.82) is 0 Å². The molecule has 2 aromatic rings. The molecule has 0 saturated carbocycles. The highest BCUT2D eigenvalue weighted by Gasteiger charge is 2.14. The van der Waals surface area contributed by atoms with Crippen molar-refractivity contribution in [3.05, 3.63) is 64.7 Å². The fraction of sp³-hybridized carbons (Fsp3) is 0.188. The molecule has 0 aliphatic rings. The Hall–Kier alpha value is -2.04. The number of amides is 1. The summed E-state index contributed by atoms with van der Waals surface area (Å²) in [6.45, 7) is 0.349. The van der Waals surface area contributed by atoms with Crippen LogP contribution in [-0.2, 0) is 17.8 Å². The number of rotatable bonds is 5. The molecule has 2 rings (SSSR count). The molecule has 2 aromatic carbocycles. The van der Waals surface area contributed by atoms with Gasteiger partial charge in [-0.1, -0.05) is 41.9 Å². The number of nitrogens with one attached hydrogen (secondary N) is 1. The molecule has 5 heteroatoms. The Balaban J connectivity index is 1.88. The summed E-state index contributed by atoms with van der Waals surface area (Å²) in [7, 11) is 0. The van der Waals surface area contributed by atoms with E-state index in [1.807, 2.05) is 18.2 Å². The molecule has 0 radical (unpaired) electrons. The second kappa shape index (κ2) is 7.11. The van der Waals surface area contributed by atoms with Crippen molar-refractivity contribution >= 4 is 17.5 Å². The van der Waals surface area contributed by atoms with Crippen LogP contribution in [0.25, 0.3) is 0 Å². The summed E-state index contributed by atoms with van der Waals surface area (Å²) in [5, 5.41) is 12.6. The zero-order valence-electron chi connectivity index (χ0n) is 11.4. The third-order valence-corrected chi connectivity index (χ3v) is 3.51. The smallest absolute Gasteiger partial charge is 0.237 e. The van der Waals surface area contributed by atoms with Crippen molar-refractivity contribution in [2.24, 2.45) is 5.73 Å². The van der Waals surface area contributed by atoms with Crippen LogP contribution < -0.4 is 11.1 Å². The number of carbonyl (C=O) groups excluding carboxylic acids is 1. The van der Waals surface area contributed by atoms with E-state index in [9.17, 15) is 9.90 Å². The largest absolute Gasteiger partial charge is 0.508 e. The van der Waals surface area contributed by atoms with Crippen LogP contribution in [0.4, 0.5) is 0 Å². The second-order valence-electron chi connectivity index (χ2n) is 4.79. The quantitative estimate of drug-likeness (QED) is 0.793. The van der Waals surface area contributed by atoms with E-state index < -0.39 is 6.04 Å². The number of benzene rings is 2. The van der Waals surface area contributed by atoms with Gasteiger partial charge in [0, 0.05) is 11.6 Å². The molecule has 1 amide bonds. The molecule has 1 atom stereocenters. The highest BCUT2D eigenvalue weighted by molar-refractivity contribution is 6.31. The Kier molecular flexibility index (Phi) is 5.20. The molecule has 4 nitrogen and oxygen atoms in total. The Morgan fingerprint density at radius 3 is 2.52 bits per heavy atom. The van der Waals surface area contributed by atoms with Crippen LogP contribution in [0.3, 0.4) is 0 Å². The van der Waals surface area contributed by atoms with E-state index in [2.05, 4.69) is 5.32 Å². The lowest BCUT2D eigenvalue weighted by Gasteiger charge is -2.13. The average molecular weight is 305 g/mol. The number of hydrogen-bond acceptors (Lipinski definition) is 3. The summed E-state index contributed by atoms with van der Waals surface area (Å²) >= 11 is 6.03. The number of nitrogens with two attached hydrogens (primary N) is 1. The fourth-order valence-electron chi connectivity index (χ4n) is 1.93. The van der Waals surface area contributed by atoms with Gasteiger partial charge in [-0.15, -0.1) is 0 Å². The van der Waals surface area contributed by atoms with Crippen LogP contribution in [-0.4, -0.2) is 17.1 Å². The number of carbonyl (C=O) groups is 1. The maximum atomic E-state index is 12.0. The van der Waals surface area contributed by atoms with Crippen LogP contribution in [0, 0.1) is 0 Å². The molecule has 0 aliphatic carbocycles. The van der Waals surface area contributed by atoms with Crippen molar-refractivity contribution < 1.29 is 9.90 Å². The van der Waals surface area contributed by atoms with E-state index in [1.165, 1.54) is 0 Å². The average Bonchev–Trinajstić information content (AvgIpc) is 2.48. The maximum Gasteiger partial charge on any atom is 0.237 e. The van der Waals surface area contributed by atoms with E-state index >= 15 is 0 Å². The Morgan fingerprint density at radius 2 is 1.86 bits per heavy atom. The first-order valence-corrected chi connectivity index (χ1v) is 6.98. The van der Waals surface area contributed by atoms with Gasteiger partial charge in [-0.25, -0.2) is 0 Å². The van der Waals surface area contributed by atoms with Crippen molar-refractivity contribution in [3.63, 3.8) is 0 Å². The van der Waals surface area contributed by atoms with Gasteiger partial charge in [-0.05, 0) is 35.7 Å². The standard InChI is InChI=1S/C16H17ClN2O2/c17-14-4-2-1-3-12(14)10-19-16(21)15(18)9-11-5-7-13(20)8-6-11/h1-8,15,20H,9-10,18H2,(H,19,21). The van der Waals surface area contributed by atoms with Gasteiger partial charge in [-0.2, -0.15) is 0 Å². The lowest BCUT2D eigenvalue weighted by molar-refractivity contribution is -0.122. The topological polar surface area (TPSA) is 75.3 Å². The van der Waals surface area contributed by atoms with E-state index in [0.29, 0.717) is 18.0 Å². The molecule has 110 valence electrons. The van der Waals surface area contributed by atoms with Crippen LogP contribution in [0.15, 0.2) is 48.5 Å². The van der Waals surface area contributed by atoms with Gasteiger partial charge in [0.2, 0.25) is 5.91 Å². The number of hydrogen-bond donors (Lipinski definition) is 3. The predicted molar refractivity (Wildman–Crippen MR) is 83.1 cm³/mol. The Bertz CT molecular complexity index is 614. The SMILES string of the molecule is NC(Cc1ccc(O)cc1)C(=O)NCc1ccccc1Cl.